The van der Waals surface area contributed by atoms with Gasteiger partial charge in [-0.1, -0.05) is 19.1 Å². The average Bonchev–Trinajstić information content (AvgIpc) is 2.75. The second kappa shape index (κ2) is 5.80. The van der Waals surface area contributed by atoms with E-state index in [2.05, 4.69) is 29.1 Å². The zero-order chi connectivity index (χ0) is 13.1. The van der Waals surface area contributed by atoms with Crippen molar-refractivity contribution in [3.8, 4) is 0 Å². The third-order valence-electron chi connectivity index (χ3n) is 3.85. The van der Waals surface area contributed by atoms with Gasteiger partial charge in [0, 0.05) is 13.6 Å². The van der Waals surface area contributed by atoms with Crippen LogP contribution in [0.15, 0.2) is 6.20 Å². The minimum Gasteiger partial charge on any atom is -0.322 e. The lowest BCUT2D eigenvalue weighted by atomic mass is 9.88. The van der Waals surface area contributed by atoms with Crippen LogP contribution in [0, 0.1) is 11.8 Å². The number of hydrogen-bond acceptors (Lipinski definition) is 4. The number of aromatic nitrogens is 3. The minimum absolute atomic E-state index is 0.0752. The summed E-state index contributed by atoms with van der Waals surface area (Å²) < 4.78 is 1.80. The van der Waals surface area contributed by atoms with Crippen LogP contribution >= 0.6 is 0 Å². The van der Waals surface area contributed by atoms with Gasteiger partial charge in [-0.05, 0) is 37.8 Å². The maximum atomic E-state index is 6.34. The molecule has 1 saturated heterocycles. The summed E-state index contributed by atoms with van der Waals surface area (Å²) in [6.07, 6.45) is 4.16. The largest absolute Gasteiger partial charge is 0.322 e. The quantitative estimate of drug-likeness (QED) is 0.873. The van der Waals surface area contributed by atoms with Gasteiger partial charge in [-0.2, -0.15) is 0 Å². The van der Waals surface area contributed by atoms with Gasteiger partial charge in [0.15, 0.2) is 0 Å². The molecule has 102 valence electrons. The van der Waals surface area contributed by atoms with Crippen molar-refractivity contribution in [2.75, 3.05) is 19.6 Å². The molecule has 2 rings (SSSR count). The Bertz CT molecular complexity index is 365. The Labute approximate surface area is 109 Å². The molecule has 1 aliphatic rings. The lowest BCUT2D eigenvalue weighted by Gasteiger charge is -2.35. The first kappa shape index (κ1) is 13.5. The second-order valence-corrected chi connectivity index (χ2v) is 5.84. The molecule has 5 nitrogen and oxygen atoms in total. The summed E-state index contributed by atoms with van der Waals surface area (Å²) in [6.45, 7) is 8.09. The van der Waals surface area contributed by atoms with Crippen molar-refractivity contribution in [2.45, 2.75) is 32.7 Å². The van der Waals surface area contributed by atoms with Crippen LogP contribution in [0.1, 0.15) is 38.4 Å². The van der Waals surface area contributed by atoms with E-state index < -0.39 is 0 Å². The molecular weight excluding hydrogens is 226 g/mol. The van der Waals surface area contributed by atoms with Gasteiger partial charge in [0.25, 0.3) is 0 Å². The highest BCUT2D eigenvalue weighted by Gasteiger charge is 2.27. The fraction of sp³-hybridized carbons (Fsp3) is 0.846. The monoisotopic (exact) mass is 251 g/mol. The number of aryl methyl sites for hydroxylation is 1. The Kier molecular flexibility index (Phi) is 4.35. The third kappa shape index (κ3) is 3.09. The Morgan fingerprint density at radius 2 is 2.06 bits per heavy atom. The van der Waals surface area contributed by atoms with Crippen molar-refractivity contribution >= 4 is 0 Å². The zero-order valence-electron chi connectivity index (χ0n) is 11.7. The summed E-state index contributed by atoms with van der Waals surface area (Å²) >= 11 is 0. The number of nitrogens with zero attached hydrogens (tertiary/aromatic N) is 4. The van der Waals surface area contributed by atoms with E-state index in [1.54, 1.807) is 10.9 Å². The normalized spacial score (nSPS) is 20.5. The average molecular weight is 251 g/mol. The molecule has 1 aliphatic heterocycles. The highest BCUT2D eigenvalue weighted by atomic mass is 15.4. The molecule has 1 aromatic rings. The fourth-order valence-electron chi connectivity index (χ4n) is 2.85. The van der Waals surface area contributed by atoms with E-state index in [-0.39, 0.29) is 6.04 Å². The summed E-state index contributed by atoms with van der Waals surface area (Å²) in [4.78, 5) is 2.55. The van der Waals surface area contributed by atoms with Crippen LogP contribution in [0.5, 0.6) is 0 Å². The van der Waals surface area contributed by atoms with Gasteiger partial charge < -0.3 is 10.6 Å². The summed E-state index contributed by atoms with van der Waals surface area (Å²) in [5.41, 5.74) is 7.40. The maximum Gasteiger partial charge on any atom is 0.0753 e. The standard InChI is InChI=1S/C13H25N5/c1-10(2)9-18-6-4-11(5-7-18)13(14)12-8-15-16-17(12)3/h8,10-11,13H,4-7,9,14H2,1-3H3. The molecule has 5 heteroatoms. The maximum absolute atomic E-state index is 6.34. The van der Waals surface area contributed by atoms with E-state index in [1.807, 2.05) is 7.05 Å². The van der Waals surface area contributed by atoms with E-state index in [0.29, 0.717) is 5.92 Å². The lowest BCUT2D eigenvalue weighted by molar-refractivity contribution is 0.153. The number of piperidine rings is 1. The number of nitrogens with two attached hydrogens (primary N) is 1. The van der Waals surface area contributed by atoms with Gasteiger partial charge in [-0.15, -0.1) is 5.10 Å². The van der Waals surface area contributed by atoms with Gasteiger partial charge in [0.05, 0.1) is 17.9 Å². The van der Waals surface area contributed by atoms with Gasteiger partial charge >= 0.3 is 0 Å². The van der Waals surface area contributed by atoms with Crippen molar-refractivity contribution in [3.63, 3.8) is 0 Å². The smallest absolute Gasteiger partial charge is 0.0753 e. The lowest BCUT2D eigenvalue weighted by Crippen LogP contribution is -2.39. The summed E-state index contributed by atoms with van der Waals surface area (Å²) in [6, 6.07) is 0.0752. The van der Waals surface area contributed by atoms with Gasteiger partial charge in [-0.25, -0.2) is 0 Å². The van der Waals surface area contributed by atoms with Gasteiger partial charge in [0.1, 0.15) is 0 Å². The van der Waals surface area contributed by atoms with Crippen LogP contribution in [0.4, 0.5) is 0 Å². The summed E-state index contributed by atoms with van der Waals surface area (Å²) in [7, 11) is 1.91. The van der Waals surface area contributed by atoms with Crippen molar-refractivity contribution in [1.29, 1.82) is 0 Å². The van der Waals surface area contributed by atoms with Crippen LogP contribution in [-0.2, 0) is 7.05 Å². The molecular formula is C13H25N5. The van der Waals surface area contributed by atoms with Crippen molar-refractivity contribution in [2.24, 2.45) is 24.6 Å². The molecule has 1 aromatic heterocycles. The Balaban J connectivity index is 1.88. The molecule has 2 heterocycles. The molecule has 2 N–H and O–H groups in total. The SMILES string of the molecule is CC(C)CN1CCC(C(N)c2cnnn2C)CC1. The van der Waals surface area contributed by atoms with Gasteiger partial charge in [0.2, 0.25) is 0 Å². The van der Waals surface area contributed by atoms with Crippen LogP contribution in [0.3, 0.4) is 0 Å². The molecule has 0 aliphatic carbocycles. The van der Waals surface area contributed by atoms with Crippen molar-refractivity contribution < 1.29 is 0 Å². The Morgan fingerprint density at radius 3 is 2.56 bits per heavy atom. The topological polar surface area (TPSA) is 60.0 Å². The minimum atomic E-state index is 0.0752. The summed E-state index contributed by atoms with van der Waals surface area (Å²) in [5, 5.41) is 7.88. The first-order valence-electron chi connectivity index (χ1n) is 6.90. The Hall–Kier alpha value is -0.940. The Morgan fingerprint density at radius 1 is 1.39 bits per heavy atom. The van der Waals surface area contributed by atoms with E-state index in [9.17, 15) is 0 Å². The summed E-state index contributed by atoms with van der Waals surface area (Å²) in [5.74, 6) is 1.31. The highest BCUT2D eigenvalue weighted by molar-refractivity contribution is 5.03. The zero-order valence-corrected chi connectivity index (χ0v) is 11.7. The van der Waals surface area contributed by atoms with E-state index in [4.69, 9.17) is 5.73 Å². The molecule has 0 aromatic carbocycles. The number of rotatable bonds is 4. The van der Waals surface area contributed by atoms with Crippen molar-refractivity contribution in [3.05, 3.63) is 11.9 Å². The first-order chi connectivity index (χ1) is 8.58. The molecule has 0 spiro atoms. The number of likely N-dealkylation sites (tertiary alicyclic amines) is 1. The fourth-order valence-corrected chi connectivity index (χ4v) is 2.85. The predicted octanol–water partition coefficient (Wildman–Crippen LogP) is 1.18. The third-order valence-corrected chi connectivity index (χ3v) is 3.85. The van der Waals surface area contributed by atoms with E-state index in [0.717, 1.165) is 11.6 Å². The molecule has 1 fully saturated rings. The highest BCUT2D eigenvalue weighted by Crippen LogP contribution is 2.28. The molecule has 0 saturated carbocycles. The first-order valence-corrected chi connectivity index (χ1v) is 6.90. The molecule has 1 atom stereocenters. The van der Waals surface area contributed by atoms with Crippen LogP contribution in [0.2, 0.25) is 0 Å². The second-order valence-electron chi connectivity index (χ2n) is 5.84. The predicted molar refractivity (Wildman–Crippen MR) is 71.9 cm³/mol. The van der Waals surface area contributed by atoms with Crippen LogP contribution in [-0.4, -0.2) is 39.5 Å². The molecule has 18 heavy (non-hydrogen) atoms. The van der Waals surface area contributed by atoms with Gasteiger partial charge in [-0.3, -0.25) is 4.68 Å². The van der Waals surface area contributed by atoms with Crippen LogP contribution in [0.25, 0.3) is 0 Å². The molecule has 1 unspecified atom stereocenters. The van der Waals surface area contributed by atoms with E-state index in [1.165, 1.54) is 32.5 Å². The molecule has 0 amide bonds. The number of hydrogen-bond donors (Lipinski definition) is 1. The van der Waals surface area contributed by atoms with Crippen molar-refractivity contribution in [1.82, 2.24) is 19.9 Å². The molecule has 0 bridgehead atoms. The molecule has 0 radical (unpaired) electrons. The van der Waals surface area contributed by atoms with E-state index >= 15 is 0 Å². The van der Waals surface area contributed by atoms with Crippen LogP contribution < -0.4 is 5.73 Å².